The number of nitrogens with zero attached hydrogens (tertiary/aromatic N) is 2. The quantitative estimate of drug-likeness (QED) is 0.552. The van der Waals surface area contributed by atoms with E-state index in [1.54, 1.807) is 11.4 Å². The van der Waals surface area contributed by atoms with E-state index in [1.165, 1.54) is 24.8 Å². The van der Waals surface area contributed by atoms with Crippen molar-refractivity contribution in [1.82, 2.24) is 9.97 Å². The van der Waals surface area contributed by atoms with Gasteiger partial charge in [0.25, 0.3) is 5.91 Å². The highest BCUT2D eigenvalue weighted by atomic mass is 32.1. The van der Waals surface area contributed by atoms with Crippen LogP contribution in [0, 0.1) is 0 Å². The van der Waals surface area contributed by atoms with Crippen molar-refractivity contribution in [2.24, 2.45) is 0 Å². The van der Waals surface area contributed by atoms with Gasteiger partial charge in [0.15, 0.2) is 6.61 Å². The van der Waals surface area contributed by atoms with E-state index in [-0.39, 0.29) is 30.5 Å². The zero-order chi connectivity index (χ0) is 20.9. The van der Waals surface area contributed by atoms with E-state index in [4.69, 9.17) is 14.2 Å². The van der Waals surface area contributed by atoms with Crippen LogP contribution in [0.4, 0.5) is 18.9 Å². The van der Waals surface area contributed by atoms with Crippen LogP contribution >= 0.6 is 11.3 Å². The average molecular weight is 427 g/mol. The summed E-state index contributed by atoms with van der Waals surface area (Å²) in [4.78, 5) is 21.0. The molecule has 1 aromatic carbocycles. The molecule has 1 N–H and O–H groups in total. The van der Waals surface area contributed by atoms with Gasteiger partial charge in [-0.1, -0.05) is 0 Å². The minimum atomic E-state index is -4.56. The summed E-state index contributed by atoms with van der Waals surface area (Å²) in [5, 5.41) is 4.84. The molecule has 0 fully saturated rings. The Morgan fingerprint density at radius 2 is 2.00 bits per heavy atom. The SMILES string of the molecule is COCCOc1ccc(C(F)(F)F)cc1NC(=O)COc1ncnc2sccc12. The van der Waals surface area contributed by atoms with Gasteiger partial charge in [-0.3, -0.25) is 4.79 Å². The summed E-state index contributed by atoms with van der Waals surface area (Å²) in [5.41, 5.74) is -1.03. The lowest BCUT2D eigenvalue weighted by Gasteiger charge is -2.15. The van der Waals surface area contributed by atoms with Gasteiger partial charge in [-0.05, 0) is 29.6 Å². The van der Waals surface area contributed by atoms with Crippen LogP contribution in [-0.2, 0) is 15.7 Å². The molecule has 11 heteroatoms. The molecule has 3 aromatic rings. The highest BCUT2D eigenvalue weighted by Crippen LogP contribution is 2.35. The first-order chi connectivity index (χ1) is 13.9. The van der Waals surface area contributed by atoms with Crippen molar-refractivity contribution >= 4 is 33.1 Å². The predicted octanol–water partition coefficient (Wildman–Crippen LogP) is 3.75. The normalized spacial score (nSPS) is 11.4. The van der Waals surface area contributed by atoms with Gasteiger partial charge in [0.2, 0.25) is 5.88 Å². The number of carbonyl (C=O) groups excluding carboxylic acids is 1. The maximum Gasteiger partial charge on any atom is 0.416 e. The summed E-state index contributed by atoms with van der Waals surface area (Å²) < 4.78 is 54.7. The zero-order valence-electron chi connectivity index (χ0n) is 15.2. The molecular weight excluding hydrogens is 411 g/mol. The summed E-state index contributed by atoms with van der Waals surface area (Å²) in [6.45, 7) is -0.101. The van der Waals surface area contributed by atoms with Crippen molar-refractivity contribution in [1.29, 1.82) is 0 Å². The largest absolute Gasteiger partial charge is 0.489 e. The number of hydrogen-bond donors (Lipinski definition) is 1. The van der Waals surface area contributed by atoms with Gasteiger partial charge in [-0.15, -0.1) is 11.3 Å². The molecule has 0 aliphatic rings. The first kappa shape index (κ1) is 20.8. The molecule has 0 radical (unpaired) electrons. The van der Waals surface area contributed by atoms with Crippen molar-refractivity contribution < 1.29 is 32.2 Å². The second-order valence-electron chi connectivity index (χ2n) is 5.71. The number of hydrogen-bond acceptors (Lipinski definition) is 7. The molecule has 154 valence electrons. The number of ether oxygens (including phenoxy) is 3. The minimum absolute atomic E-state index is 0.0886. The summed E-state index contributed by atoms with van der Waals surface area (Å²) in [6.07, 6.45) is -3.26. The number of halogens is 3. The maximum atomic E-state index is 13.0. The van der Waals surface area contributed by atoms with E-state index < -0.39 is 24.3 Å². The van der Waals surface area contributed by atoms with Crippen LogP contribution in [0.2, 0.25) is 0 Å². The van der Waals surface area contributed by atoms with Crippen LogP contribution in [0.3, 0.4) is 0 Å². The number of anilines is 1. The minimum Gasteiger partial charge on any atom is -0.489 e. The molecule has 0 aliphatic carbocycles. The second kappa shape index (κ2) is 9.05. The molecule has 0 saturated heterocycles. The Balaban J connectivity index is 1.72. The molecule has 0 spiro atoms. The van der Waals surface area contributed by atoms with Crippen LogP contribution in [-0.4, -0.2) is 42.8 Å². The van der Waals surface area contributed by atoms with Crippen molar-refractivity contribution in [3.63, 3.8) is 0 Å². The first-order valence-corrected chi connectivity index (χ1v) is 9.20. The molecule has 29 heavy (non-hydrogen) atoms. The molecule has 0 saturated carbocycles. The molecule has 0 unspecified atom stereocenters. The van der Waals surface area contributed by atoms with Crippen LogP contribution in [0.1, 0.15) is 5.56 Å². The number of thiophene rings is 1. The number of fused-ring (bicyclic) bond motifs is 1. The van der Waals surface area contributed by atoms with E-state index in [0.29, 0.717) is 10.2 Å². The number of aromatic nitrogens is 2. The molecule has 3 rings (SSSR count). The highest BCUT2D eigenvalue weighted by molar-refractivity contribution is 7.16. The summed E-state index contributed by atoms with van der Waals surface area (Å²) in [6, 6.07) is 4.58. The van der Waals surface area contributed by atoms with Gasteiger partial charge < -0.3 is 19.5 Å². The number of carbonyl (C=O) groups is 1. The molecule has 1 amide bonds. The molecule has 0 bridgehead atoms. The Hall–Kier alpha value is -2.92. The maximum absolute atomic E-state index is 13.0. The first-order valence-electron chi connectivity index (χ1n) is 8.32. The Labute approximate surface area is 167 Å². The Kier molecular flexibility index (Phi) is 6.49. The van der Waals surface area contributed by atoms with E-state index in [9.17, 15) is 18.0 Å². The third-order valence-corrected chi connectivity index (χ3v) is 4.51. The number of rotatable bonds is 8. The number of methoxy groups -OCH3 is 1. The smallest absolute Gasteiger partial charge is 0.416 e. The summed E-state index contributed by atoms with van der Waals surface area (Å²) in [7, 11) is 1.47. The fourth-order valence-electron chi connectivity index (χ4n) is 2.37. The zero-order valence-corrected chi connectivity index (χ0v) is 16.0. The van der Waals surface area contributed by atoms with E-state index in [2.05, 4.69) is 15.3 Å². The van der Waals surface area contributed by atoms with Crippen LogP contribution < -0.4 is 14.8 Å². The van der Waals surface area contributed by atoms with Crippen molar-refractivity contribution in [2.45, 2.75) is 6.18 Å². The molecule has 0 aliphatic heterocycles. The number of amides is 1. The lowest BCUT2D eigenvalue weighted by atomic mass is 10.1. The van der Waals surface area contributed by atoms with Crippen molar-refractivity contribution in [3.8, 4) is 11.6 Å². The molecule has 0 atom stereocenters. The summed E-state index contributed by atoms with van der Waals surface area (Å²) in [5.74, 6) is -0.361. The van der Waals surface area contributed by atoms with Crippen LogP contribution in [0.15, 0.2) is 36.0 Å². The summed E-state index contributed by atoms with van der Waals surface area (Å²) >= 11 is 1.39. The van der Waals surface area contributed by atoms with E-state index in [1.807, 2.05) is 0 Å². The molecule has 2 aromatic heterocycles. The third kappa shape index (κ3) is 5.33. The fourth-order valence-corrected chi connectivity index (χ4v) is 3.09. The Morgan fingerprint density at radius 1 is 1.17 bits per heavy atom. The van der Waals surface area contributed by atoms with Gasteiger partial charge in [-0.25, -0.2) is 9.97 Å². The van der Waals surface area contributed by atoms with Crippen LogP contribution in [0.5, 0.6) is 11.6 Å². The van der Waals surface area contributed by atoms with Gasteiger partial charge in [0, 0.05) is 7.11 Å². The van der Waals surface area contributed by atoms with Gasteiger partial charge >= 0.3 is 6.18 Å². The molecular formula is C18H16F3N3O4S. The second-order valence-corrected chi connectivity index (χ2v) is 6.60. The Bertz CT molecular complexity index is 994. The third-order valence-electron chi connectivity index (χ3n) is 3.69. The van der Waals surface area contributed by atoms with Crippen molar-refractivity contribution in [2.75, 3.05) is 32.2 Å². The van der Waals surface area contributed by atoms with Gasteiger partial charge in [0.1, 0.15) is 23.5 Å². The Morgan fingerprint density at radius 3 is 2.76 bits per heavy atom. The highest BCUT2D eigenvalue weighted by Gasteiger charge is 2.31. The van der Waals surface area contributed by atoms with Crippen molar-refractivity contribution in [3.05, 3.63) is 41.5 Å². The van der Waals surface area contributed by atoms with Gasteiger partial charge in [-0.2, -0.15) is 13.2 Å². The number of benzene rings is 1. The lowest BCUT2D eigenvalue weighted by molar-refractivity contribution is -0.137. The average Bonchev–Trinajstić information content (AvgIpc) is 3.16. The predicted molar refractivity (Wildman–Crippen MR) is 100 cm³/mol. The van der Waals surface area contributed by atoms with E-state index in [0.717, 1.165) is 18.2 Å². The number of alkyl halides is 3. The lowest BCUT2D eigenvalue weighted by Crippen LogP contribution is -2.21. The molecule has 7 nitrogen and oxygen atoms in total. The van der Waals surface area contributed by atoms with Gasteiger partial charge in [0.05, 0.1) is 23.2 Å². The number of nitrogens with one attached hydrogen (secondary N) is 1. The fraction of sp³-hybridized carbons (Fsp3) is 0.278. The molecule has 2 heterocycles. The standard InChI is InChI=1S/C18H16F3N3O4S/c1-26-5-6-27-14-3-2-11(18(19,20)21)8-13(14)24-15(25)9-28-16-12-4-7-29-17(12)23-10-22-16/h2-4,7-8,10H,5-6,9H2,1H3,(H,24,25). The van der Waals surface area contributed by atoms with Crippen LogP contribution in [0.25, 0.3) is 10.2 Å². The van der Waals surface area contributed by atoms with E-state index >= 15 is 0 Å². The topological polar surface area (TPSA) is 82.6 Å². The monoisotopic (exact) mass is 427 g/mol.